The summed E-state index contributed by atoms with van der Waals surface area (Å²) in [6, 6.07) is 0. The van der Waals surface area contributed by atoms with Gasteiger partial charge in [-0.05, 0) is 32.1 Å². The summed E-state index contributed by atoms with van der Waals surface area (Å²) in [5.74, 6) is 0. The van der Waals surface area contributed by atoms with Gasteiger partial charge in [-0.15, -0.1) is 0 Å². The molecule has 1 heterocycles. The molecule has 14 heavy (non-hydrogen) atoms. The van der Waals surface area contributed by atoms with E-state index in [-0.39, 0.29) is 5.48 Å². The van der Waals surface area contributed by atoms with Gasteiger partial charge in [-0.3, -0.25) is 0 Å². The van der Waals surface area contributed by atoms with Crippen LogP contribution in [0, 0.1) is 0 Å². The molecule has 0 radical (unpaired) electrons. The van der Waals surface area contributed by atoms with Crippen LogP contribution < -0.4 is 0 Å². The monoisotopic (exact) mass is 201 g/mol. The summed E-state index contributed by atoms with van der Waals surface area (Å²) in [5.41, 5.74) is 0. The second-order valence-corrected chi connectivity index (χ2v) is 4.65. The largest absolute Gasteiger partial charge is 0.870 e. The van der Waals surface area contributed by atoms with E-state index in [4.69, 9.17) is 0 Å². The van der Waals surface area contributed by atoms with Gasteiger partial charge >= 0.3 is 0 Å². The van der Waals surface area contributed by atoms with Crippen LogP contribution in [-0.2, 0) is 0 Å². The van der Waals surface area contributed by atoms with Crippen molar-refractivity contribution in [3.63, 3.8) is 0 Å². The zero-order chi connectivity index (χ0) is 9.57. The molecule has 0 spiro atoms. The highest BCUT2D eigenvalue weighted by atomic mass is 16.0. The van der Waals surface area contributed by atoms with Gasteiger partial charge in [0.2, 0.25) is 0 Å². The Bertz CT molecular complexity index is 125. The molecule has 1 fully saturated rings. The summed E-state index contributed by atoms with van der Waals surface area (Å²) >= 11 is 0. The number of likely N-dealkylation sites (tertiary alicyclic amines) is 1. The van der Waals surface area contributed by atoms with Crippen LogP contribution >= 0.6 is 0 Å². The molecule has 0 unspecified atom stereocenters. The van der Waals surface area contributed by atoms with Gasteiger partial charge in [-0.1, -0.05) is 20.3 Å². The maximum atomic E-state index is 2.33. The predicted molar refractivity (Wildman–Crippen MR) is 60.7 cm³/mol. The van der Waals surface area contributed by atoms with Crippen molar-refractivity contribution in [3.8, 4) is 0 Å². The zero-order valence-electron chi connectivity index (χ0n) is 9.97. The van der Waals surface area contributed by atoms with Gasteiger partial charge in [0, 0.05) is 0 Å². The van der Waals surface area contributed by atoms with Crippen LogP contribution in [-0.4, -0.2) is 36.1 Å². The van der Waals surface area contributed by atoms with Gasteiger partial charge in [0.15, 0.2) is 0 Å². The Morgan fingerprint density at radius 3 is 2.00 bits per heavy atom. The molecule has 0 saturated carbocycles. The van der Waals surface area contributed by atoms with Crippen LogP contribution in [0.15, 0.2) is 0 Å². The fourth-order valence-electron chi connectivity index (χ4n) is 2.71. The van der Waals surface area contributed by atoms with Crippen molar-refractivity contribution < 1.29 is 9.96 Å². The Hall–Kier alpha value is -0.0800. The molecule has 86 valence electrons. The summed E-state index contributed by atoms with van der Waals surface area (Å²) in [6.45, 7) is 10.5. The number of hydrogen-bond donors (Lipinski definition) is 0. The van der Waals surface area contributed by atoms with Crippen molar-refractivity contribution in [2.24, 2.45) is 0 Å². The highest BCUT2D eigenvalue weighted by Gasteiger charge is 2.27. The molecule has 1 rings (SSSR count). The molecule has 2 heteroatoms. The van der Waals surface area contributed by atoms with E-state index in [1.807, 2.05) is 0 Å². The maximum Gasteiger partial charge on any atom is 0.0786 e. The molecular formula is C12H27NO. The number of nitrogens with zero attached hydrogens (tertiary/aromatic N) is 1. The molecule has 1 aliphatic rings. The summed E-state index contributed by atoms with van der Waals surface area (Å²) in [6.07, 6.45) is 8.59. The van der Waals surface area contributed by atoms with Crippen molar-refractivity contribution in [2.45, 2.75) is 52.4 Å². The van der Waals surface area contributed by atoms with E-state index in [0.29, 0.717) is 0 Å². The van der Waals surface area contributed by atoms with Gasteiger partial charge in [0.1, 0.15) is 0 Å². The van der Waals surface area contributed by atoms with Gasteiger partial charge in [0.25, 0.3) is 0 Å². The molecule has 0 aromatic carbocycles. The lowest BCUT2D eigenvalue weighted by Crippen LogP contribution is -2.52. The Morgan fingerprint density at radius 2 is 1.50 bits per heavy atom. The molecule has 1 aliphatic heterocycles. The van der Waals surface area contributed by atoms with Crippen LogP contribution in [0.1, 0.15) is 52.4 Å². The van der Waals surface area contributed by atoms with E-state index < -0.39 is 0 Å². The summed E-state index contributed by atoms with van der Waals surface area (Å²) in [7, 11) is 0. The third-order valence-corrected chi connectivity index (χ3v) is 3.45. The number of piperidine rings is 1. The van der Waals surface area contributed by atoms with Crippen LogP contribution in [0.3, 0.4) is 0 Å². The fraction of sp³-hybridized carbons (Fsp3) is 1.00. The first-order valence-corrected chi connectivity index (χ1v) is 6.18. The standard InChI is InChI=1S/C12H26N.H2O/c1-3-5-10-13(9-4-2)11-7-6-8-12-13;/h3-12H2,1-2H3;1H2/q+1;/p-1. The van der Waals surface area contributed by atoms with E-state index in [1.165, 1.54) is 69.2 Å². The molecule has 0 atom stereocenters. The van der Waals surface area contributed by atoms with Crippen molar-refractivity contribution in [1.29, 1.82) is 0 Å². The molecule has 0 amide bonds. The van der Waals surface area contributed by atoms with Crippen LogP contribution in [0.4, 0.5) is 0 Å². The minimum atomic E-state index is 0. The summed E-state index contributed by atoms with van der Waals surface area (Å²) in [4.78, 5) is 0. The van der Waals surface area contributed by atoms with E-state index in [2.05, 4.69) is 13.8 Å². The van der Waals surface area contributed by atoms with Crippen molar-refractivity contribution in [3.05, 3.63) is 0 Å². The topological polar surface area (TPSA) is 30.0 Å². The second kappa shape index (κ2) is 7.24. The highest BCUT2D eigenvalue weighted by molar-refractivity contribution is 4.54. The molecule has 0 aromatic heterocycles. The summed E-state index contributed by atoms with van der Waals surface area (Å²) in [5, 5.41) is 0. The van der Waals surface area contributed by atoms with Crippen LogP contribution in [0.5, 0.6) is 0 Å². The fourth-order valence-corrected chi connectivity index (χ4v) is 2.71. The molecular weight excluding hydrogens is 174 g/mol. The Morgan fingerprint density at radius 1 is 0.857 bits per heavy atom. The smallest absolute Gasteiger partial charge is 0.0786 e. The van der Waals surface area contributed by atoms with Crippen molar-refractivity contribution >= 4 is 0 Å². The number of hydrogen-bond acceptors (Lipinski definition) is 1. The van der Waals surface area contributed by atoms with Crippen molar-refractivity contribution in [1.82, 2.24) is 0 Å². The van der Waals surface area contributed by atoms with Gasteiger partial charge in [-0.25, -0.2) is 0 Å². The number of unbranched alkanes of at least 4 members (excludes halogenated alkanes) is 1. The molecule has 2 nitrogen and oxygen atoms in total. The lowest BCUT2D eigenvalue weighted by atomic mass is 10.1. The Labute approximate surface area is 89.2 Å². The van der Waals surface area contributed by atoms with E-state index in [0.717, 1.165) is 0 Å². The lowest BCUT2D eigenvalue weighted by molar-refractivity contribution is -0.932. The number of quaternary nitrogens is 1. The van der Waals surface area contributed by atoms with Gasteiger partial charge in [-0.2, -0.15) is 0 Å². The molecule has 0 aliphatic carbocycles. The van der Waals surface area contributed by atoms with Crippen molar-refractivity contribution in [2.75, 3.05) is 26.2 Å². The van der Waals surface area contributed by atoms with E-state index >= 15 is 0 Å². The quantitative estimate of drug-likeness (QED) is 0.629. The average molecular weight is 201 g/mol. The van der Waals surface area contributed by atoms with E-state index in [1.54, 1.807) is 0 Å². The molecule has 1 N–H and O–H groups in total. The first-order chi connectivity index (χ1) is 6.33. The first kappa shape index (κ1) is 13.9. The minimum Gasteiger partial charge on any atom is -0.870 e. The third kappa shape index (κ3) is 3.97. The second-order valence-electron chi connectivity index (χ2n) is 4.65. The molecule has 0 aromatic rings. The summed E-state index contributed by atoms with van der Waals surface area (Å²) < 4.78 is 1.45. The average Bonchev–Trinajstić information content (AvgIpc) is 2.17. The molecule has 0 bridgehead atoms. The Balaban J connectivity index is 0.00000169. The first-order valence-electron chi connectivity index (χ1n) is 6.18. The zero-order valence-corrected chi connectivity index (χ0v) is 9.97. The predicted octanol–water partition coefficient (Wildman–Crippen LogP) is 3.02. The van der Waals surface area contributed by atoms with E-state index in [9.17, 15) is 0 Å². The third-order valence-electron chi connectivity index (χ3n) is 3.45. The van der Waals surface area contributed by atoms with Crippen LogP contribution in [0.2, 0.25) is 0 Å². The SMILES string of the molecule is CCCC[N+]1(CCC)CCCCC1.[OH-]. The Kier molecular flexibility index (Phi) is 7.20. The molecule has 1 saturated heterocycles. The number of rotatable bonds is 5. The van der Waals surface area contributed by atoms with Gasteiger partial charge < -0.3 is 9.96 Å². The van der Waals surface area contributed by atoms with Crippen LogP contribution in [0.25, 0.3) is 0 Å². The maximum absolute atomic E-state index is 2.33. The lowest BCUT2D eigenvalue weighted by Gasteiger charge is -2.41. The normalized spacial score (nSPS) is 20.1. The van der Waals surface area contributed by atoms with Gasteiger partial charge in [0.05, 0.1) is 26.2 Å². The highest BCUT2D eigenvalue weighted by Crippen LogP contribution is 2.20. The minimum absolute atomic E-state index is 0.